The third kappa shape index (κ3) is 4.23. The third-order valence-corrected chi connectivity index (χ3v) is 4.37. The highest BCUT2D eigenvalue weighted by molar-refractivity contribution is 7.99. The summed E-state index contributed by atoms with van der Waals surface area (Å²) in [5.41, 5.74) is 1.84. The van der Waals surface area contributed by atoms with Gasteiger partial charge in [0.15, 0.2) is 0 Å². The van der Waals surface area contributed by atoms with E-state index in [-0.39, 0.29) is 28.4 Å². The Morgan fingerprint density at radius 1 is 1.23 bits per heavy atom. The van der Waals surface area contributed by atoms with Crippen molar-refractivity contribution < 1.29 is 13.6 Å². The van der Waals surface area contributed by atoms with Crippen LogP contribution < -0.4 is 5.32 Å². The van der Waals surface area contributed by atoms with Gasteiger partial charge in [0.25, 0.3) is 11.7 Å². The average Bonchev–Trinajstić information content (AvgIpc) is 3.16. The lowest BCUT2D eigenvalue weighted by Crippen LogP contribution is -2.27. The number of benzene rings is 1. The number of pyridine rings is 1. The molecule has 1 N–H and O–H groups in total. The van der Waals surface area contributed by atoms with Crippen molar-refractivity contribution in [1.82, 2.24) is 25.1 Å². The largest absolute Gasteiger partial charge is 0.345 e. The van der Waals surface area contributed by atoms with Crippen LogP contribution >= 0.6 is 11.8 Å². The Morgan fingerprint density at radius 3 is 2.65 bits per heavy atom. The second-order valence-electron chi connectivity index (χ2n) is 5.36. The molecule has 3 aromatic rings. The lowest BCUT2D eigenvalue weighted by molar-refractivity contribution is 0.0936. The molecule has 0 aliphatic heterocycles. The molecule has 9 heteroatoms. The molecule has 0 fully saturated rings. The summed E-state index contributed by atoms with van der Waals surface area (Å²) in [5, 5.41) is 6.86. The first-order chi connectivity index (χ1) is 12.5. The predicted molar refractivity (Wildman–Crippen MR) is 93.3 cm³/mol. The maximum Gasteiger partial charge on any atom is 0.290 e. The normalized spacial score (nSPS) is 12.2. The maximum atomic E-state index is 12.6. The molecule has 3 rings (SSSR count). The molecule has 26 heavy (non-hydrogen) atoms. The molecule has 0 aliphatic rings. The Balaban J connectivity index is 1.72. The SMILES string of the molecule is CC(NC(=O)c1cccnc1SC(F)F)c1ccc(-n2cncn2)cc1. The van der Waals surface area contributed by atoms with Crippen LogP contribution in [0, 0.1) is 0 Å². The van der Waals surface area contributed by atoms with Crippen LogP contribution in [0.15, 0.2) is 60.3 Å². The molecule has 0 spiro atoms. The number of carbonyl (C=O) groups is 1. The van der Waals surface area contributed by atoms with Gasteiger partial charge in [0.05, 0.1) is 17.3 Å². The summed E-state index contributed by atoms with van der Waals surface area (Å²) < 4.78 is 26.9. The molecule has 6 nitrogen and oxygen atoms in total. The van der Waals surface area contributed by atoms with Crippen molar-refractivity contribution in [3.05, 3.63) is 66.4 Å². The van der Waals surface area contributed by atoms with Crippen molar-refractivity contribution >= 4 is 17.7 Å². The third-order valence-electron chi connectivity index (χ3n) is 3.64. The van der Waals surface area contributed by atoms with Crippen LogP contribution in [0.2, 0.25) is 0 Å². The highest BCUT2D eigenvalue weighted by Gasteiger charge is 2.18. The highest BCUT2D eigenvalue weighted by atomic mass is 32.2. The second kappa shape index (κ2) is 8.05. The van der Waals surface area contributed by atoms with Crippen molar-refractivity contribution in [3.63, 3.8) is 0 Å². The molecule has 1 unspecified atom stereocenters. The minimum absolute atomic E-state index is 0.00808. The molecule has 0 aliphatic carbocycles. The second-order valence-corrected chi connectivity index (χ2v) is 6.34. The molecule has 1 atom stereocenters. The Hall–Kier alpha value is -2.81. The zero-order valence-corrected chi connectivity index (χ0v) is 14.5. The van der Waals surface area contributed by atoms with E-state index < -0.39 is 11.7 Å². The summed E-state index contributed by atoms with van der Waals surface area (Å²) in [7, 11) is 0. The molecule has 0 radical (unpaired) electrons. The van der Waals surface area contributed by atoms with E-state index in [0.29, 0.717) is 0 Å². The fourth-order valence-electron chi connectivity index (χ4n) is 2.36. The molecule has 1 aromatic carbocycles. The first-order valence-corrected chi connectivity index (χ1v) is 8.58. The molecule has 0 saturated carbocycles. The molecular weight excluding hydrogens is 360 g/mol. The van der Waals surface area contributed by atoms with E-state index in [1.165, 1.54) is 18.6 Å². The van der Waals surface area contributed by atoms with Crippen LogP contribution in [-0.2, 0) is 0 Å². The van der Waals surface area contributed by atoms with Crippen LogP contribution in [0.5, 0.6) is 0 Å². The summed E-state index contributed by atoms with van der Waals surface area (Å²) in [4.78, 5) is 20.2. The Morgan fingerprint density at radius 2 is 2.00 bits per heavy atom. The van der Waals surface area contributed by atoms with Gasteiger partial charge in [0, 0.05) is 6.20 Å². The van der Waals surface area contributed by atoms with Gasteiger partial charge in [-0.2, -0.15) is 13.9 Å². The zero-order valence-electron chi connectivity index (χ0n) is 13.7. The van der Waals surface area contributed by atoms with Gasteiger partial charge >= 0.3 is 0 Å². The number of thioether (sulfide) groups is 1. The summed E-state index contributed by atoms with van der Waals surface area (Å²) in [6, 6.07) is 10.1. The Labute approximate surface area is 152 Å². The lowest BCUT2D eigenvalue weighted by atomic mass is 10.1. The monoisotopic (exact) mass is 375 g/mol. The molecule has 0 bridgehead atoms. The molecule has 0 saturated heterocycles. The summed E-state index contributed by atoms with van der Waals surface area (Å²) in [5.74, 6) is -3.09. The van der Waals surface area contributed by atoms with Gasteiger partial charge in [0.2, 0.25) is 0 Å². The van der Waals surface area contributed by atoms with Crippen LogP contribution in [0.3, 0.4) is 0 Å². The minimum Gasteiger partial charge on any atom is -0.345 e. The number of halogens is 2. The smallest absolute Gasteiger partial charge is 0.290 e. The van der Waals surface area contributed by atoms with Crippen molar-refractivity contribution in [2.24, 2.45) is 0 Å². The number of aromatic nitrogens is 4. The predicted octanol–water partition coefficient (Wildman–Crippen LogP) is 3.47. The molecule has 1 amide bonds. The number of alkyl halides is 2. The number of nitrogens with one attached hydrogen (secondary N) is 1. The topological polar surface area (TPSA) is 72.7 Å². The fourth-order valence-corrected chi connectivity index (χ4v) is 2.94. The average molecular weight is 375 g/mol. The van der Waals surface area contributed by atoms with E-state index in [1.807, 2.05) is 31.2 Å². The Bertz CT molecular complexity index is 871. The van der Waals surface area contributed by atoms with Gasteiger partial charge in [-0.25, -0.2) is 14.6 Å². The van der Waals surface area contributed by atoms with Crippen molar-refractivity contribution in [2.45, 2.75) is 23.7 Å². The quantitative estimate of drug-likeness (QED) is 0.668. The van der Waals surface area contributed by atoms with Crippen LogP contribution in [0.4, 0.5) is 8.78 Å². The van der Waals surface area contributed by atoms with Gasteiger partial charge in [-0.15, -0.1) is 0 Å². The van der Waals surface area contributed by atoms with Gasteiger partial charge in [-0.1, -0.05) is 12.1 Å². The summed E-state index contributed by atoms with van der Waals surface area (Å²) in [6.07, 6.45) is 4.41. The lowest BCUT2D eigenvalue weighted by Gasteiger charge is -2.16. The van der Waals surface area contributed by atoms with Gasteiger partial charge in [-0.3, -0.25) is 4.79 Å². The molecule has 2 heterocycles. The number of rotatable bonds is 6. The van der Waals surface area contributed by atoms with E-state index in [1.54, 1.807) is 17.1 Å². The molecule has 2 aromatic heterocycles. The van der Waals surface area contributed by atoms with Gasteiger partial charge < -0.3 is 5.32 Å². The van der Waals surface area contributed by atoms with Crippen molar-refractivity contribution in [2.75, 3.05) is 0 Å². The number of hydrogen-bond donors (Lipinski definition) is 1. The summed E-state index contributed by atoms with van der Waals surface area (Å²) >= 11 is 0.256. The van der Waals surface area contributed by atoms with E-state index >= 15 is 0 Å². The van der Waals surface area contributed by atoms with Gasteiger partial charge in [0.1, 0.15) is 17.7 Å². The number of carbonyl (C=O) groups excluding carboxylic acids is 1. The standard InChI is InChI=1S/C17H15F2N5OS/c1-11(12-4-6-13(7-5-12)24-10-20-9-22-24)23-15(25)14-3-2-8-21-16(14)26-17(18)19/h2-11,17H,1H3,(H,23,25). The minimum atomic E-state index is -2.64. The Kier molecular flexibility index (Phi) is 5.57. The van der Waals surface area contributed by atoms with Crippen LogP contribution in [-0.4, -0.2) is 31.4 Å². The van der Waals surface area contributed by atoms with Gasteiger partial charge in [-0.05, 0) is 48.5 Å². The maximum absolute atomic E-state index is 12.6. The van der Waals surface area contributed by atoms with E-state index in [9.17, 15) is 13.6 Å². The first kappa shape index (κ1) is 18.0. The van der Waals surface area contributed by atoms with Crippen LogP contribution in [0.25, 0.3) is 5.69 Å². The van der Waals surface area contributed by atoms with E-state index in [2.05, 4.69) is 20.4 Å². The molecular formula is C17H15F2N5OS. The number of amides is 1. The number of hydrogen-bond acceptors (Lipinski definition) is 5. The fraction of sp³-hybridized carbons (Fsp3) is 0.176. The molecule has 134 valence electrons. The van der Waals surface area contributed by atoms with E-state index in [4.69, 9.17) is 0 Å². The van der Waals surface area contributed by atoms with Crippen LogP contribution in [0.1, 0.15) is 28.9 Å². The van der Waals surface area contributed by atoms with E-state index in [0.717, 1.165) is 11.3 Å². The first-order valence-electron chi connectivity index (χ1n) is 7.70. The van der Waals surface area contributed by atoms with Crippen molar-refractivity contribution in [1.29, 1.82) is 0 Å². The number of nitrogens with zero attached hydrogens (tertiary/aromatic N) is 4. The zero-order chi connectivity index (χ0) is 18.5. The highest BCUT2D eigenvalue weighted by Crippen LogP contribution is 2.26. The summed E-state index contributed by atoms with van der Waals surface area (Å²) in [6.45, 7) is 1.82. The van der Waals surface area contributed by atoms with Crippen molar-refractivity contribution in [3.8, 4) is 5.69 Å².